The van der Waals surface area contributed by atoms with Gasteiger partial charge in [0, 0.05) is 17.0 Å². The number of hydrogen-bond acceptors (Lipinski definition) is 2. The summed E-state index contributed by atoms with van der Waals surface area (Å²) in [5.74, 6) is 0.134. The smallest absolute Gasteiger partial charge is 0.252 e. The Morgan fingerprint density at radius 2 is 1.80 bits per heavy atom. The number of fused-ring (bicyclic) bond motifs is 1. The van der Waals surface area contributed by atoms with Gasteiger partial charge in [-0.1, -0.05) is 30.3 Å². The Hall–Kier alpha value is -2.62. The van der Waals surface area contributed by atoms with Crippen LogP contribution in [0.3, 0.4) is 0 Å². The third kappa shape index (κ3) is 2.40. The van der Waals surface area contributed by atoms with Gasteiger partial charge in [0.05, 0.1) is 5.52 Å². The van der Waals surface area contributed by atoms with E-state index in [-0.39, 0.29) is 18.0 Å². The van der Waals surface area contributed by atoms with Crippen molar-refractivity contribution in [3.63, 3.8) is 0 Å². The molecule has 1 heterocycles. The highest BCUT2D eigenvalue weighted by Gasteiger charge is 2.06. The van der Waals surface area contributed by atoms with Crippen molar-refractivity contribution < 1.29 is 9.13 Å². The molecular formula is C16H12FNO2. The first kappa shape index (κ1) is 12.4. The van der Waals surface area contributed by atoms with E-state index in [0.29, 0.717) is 16.8 Å². The third-order valence-corrected chi connectivity index (χ3v) is 3.05. The number of hydrogen-bond donors (Lipinski definition) is 1. The van der Waals surface area contributed by atoms with Gasteiger partial charge in [0.1, 0.15) is 18.2 Å². The Labute approximate surface area is 114 Å². The van der Waals surface area contributed by atoms with Gasteiger partial charge in [0.25, 0.3) is 5.56 Å². The molecule has 4 heteroatoms. The zero-order valence-electron chi connectivity index (χ0n) is 10.6. The maximum atomic E-state index is 13.5. The van der Waals surface area contributed by atoms with Gasteiger partial charge in [0.15, 0.2) is 0 Å². The molecule has 1 N–H and O–H groups in total. The van der Waals surface area contributed by atoms with E-state index in [2.05, 4.69) is 4.98 Å². The molecule has 3 aromatic rings. The highest BCUT2D eigenvalue weighted by Crippen LogP contribution is 2.23. The Morgan fingerprint density at radius 1 is 1.05 bits per heavy atom. The molecule has 0 spiro atoms. The number of aromatic nitrogens is 1. The number of aromatic amines is 1. The molecule has 0 aliphatic rings. The van der Waals surface area contributed by atoms with Crippen LogP contribution in [0.4, 0.5) is 4.39 Å². The van der Waals surface area contributed by atoms with Crippen LogP contribution in [-0.2, 0) is 6.61 Å². The van der Waals surface area contributed by atoms with Gasteiger partial charge >= 0.3 is 0 Å². The molecule has 20 heavy (non-hydrogen) atoms. The molecule has 0 aliphatic carbocycles. The molecule has 0 amide bonds. The number of ether oxygens (including phenoxy) is 1. The molecule has 0 atom stereocenters. The highest BCUT2D eigenvalue weighted by atomic mass is 19.1. The fourth-order valence-electron chi connectivity index (χ4n) is 2.06. The molecule has 0 radical (unpaired) electrons. The minimum Gasteiger partial charge on any atom is -0.488 e. The first-order valence-electron chi connectivity index (χ1n) is 6.22. The van der Waals surface area contributed by atoms with Gasteiger partial charge in [-0.05, 0) is 18.2 Å². The molecule has 0 aliphatic heterocycles. The van der Waals surface area contributed by atoms with Crippen LogP contribution >= 0.6 is 0 Å². The monoisotopic (exact) mass is 269 g/mol. The zero-order valence-corrected chi connectivity index (χ0v) is 10.6. The van der Waals surface area contributed by atoms with Crippen LogP contribution in [0, 0.1) is 5.82 Å². The van der Waals surface area contributed by atoms with Crippen molar-refractivity contribution in [2.45, 2.75) is 6.61 Å². The molecule has 3 nitrogen and oxygen atoms in total. The Kier molecular flexibility index (Phi) is 3.21. The van der Waals surface area contributed by atoms with Gasteiger partial charge < -0.3 is 9.72 Å². The minimum atomic E-state index is -0.318. The quantitative estimate of drug-likeness (QED) is 0.793. The van der Waals surface area contributed by atoms with Gasteiger partial charge in [-0.15, -0.1) is 0 Å². The summed E-state index contributed by atoms with van der Waals surface area (Å²) in [5.41, 5.74) is 0.910. The summed E-state index contributed by atoms with van der Waals surface area (Å²) in [7, 11) is 0. The van der Waals surface area contributed by atoms with E-state index in [1.807, 2.05) is 18.2 Å². The fourth-order valence-corrected chi connectivity index (χ4v) is 2.06. The van der Waals surface area contributed by atoms with Crippen molar-refractivity contribution in [3.8, 4) is 5.75 Å². The molecule has 0 unspecified atom stereocenters. The minimum absolute atomic E-state index is 0.0835. The first-order chi connectivity index (χ1) is 9.74. The Balaban J connectivity index is 1.95. The summed E-state index contributed by atoms with van der Waals surface area (Å²) >= 11 is 0. The van der Waals surface area contributed by atoms with Gasteiger partial charge in [-0.25, -0.2) is 4.39 Å². The number of para-hydroxylation sites is 1. The van der Waals surface area contributed by atoms with E-state index >= 15 is 0 Å². The third-order valence-electron chi connectivity index (χ3n) is 3.05. The second-order valence-electron chi connectivity index (χ2n) is 4.42. The Morgan fingerprint density at radius 3 is 2.65 bits per heavy atom. The highest BCUT2D eigenvalue weighted by molar-refractivity contribution is 5.84. The van der Waals surface area contributed by atoms with Crippen LogP contribution in [0.5, 0.6) is 5.75 Å². The molecule has 100 valence electrons. The molecule has 3 rings (SSSR count). The van der Waals surface area contributed by atoms with E-state index < -0.39 is 0 Å². The van der Waals surface area contributed by atoms with Crippen LogP contribution in [0.1, 0.15) is 5.56 Å². The average molecular weight is 269 g/mol. The predicted octanol–water partition coefficient (Wildman–Crippen LogP) is 3.25. The fraction of sp³-hybridized carbons (Fsp3) is 0.0625. The molecule has 0 saturated carbocycles. The number of rotatable bonds is 3. The van der Waals surface area contributed by atoms with E-state index in [0.717, 1.165) is 5.39 Å². The summed E-state index contributed by atoms with van der Waals surface area (Å²) in [6, 6.07) is 15.1. The summed E-state index contributed by atoms with van der Waals surface area (Å²) in [6.45, 7) is 0.0835. The SMILES string of the molecule is O=c1cc(OCc2ccccc2F)c2ccccc2[nH]1. The molecular weight excluding hydrogens is 257 g/mol. The van der Waals surface area contributed by atoms with Crippen LogP contribution in [0.15, 0.2) is 59.4 Å². The van der Waals surface area contributed by atoms with E-state index in [1.165, 1.54) is 12.1 Å². The lowest BCUT2D eigenvalue weighted by atomic mass is 10.2. The first-order valence-corrected chi connectivity index (χ1v) is 6.22. The largest absolute Gasteiger partial charge is 0.488 e. The zero-order chi connectivity index (χ0) is 13.9. The lowest BCUT2D eigenvalue weighted by molar-refractivity contribution is 0.303. The van der Waals surface area contributed by atoms with Crippen molar-refractivity contribution in [1.29, 1.82) is 0 Å². The number of H-pyrrole nitrogens is 1. The molecule has 0 fully saturated rings. The van der Waals surface area contributed by atoms with Crippen LogP contribution < -0.4 is 10.3 Å². The maximum Gasteiger partial charge on any atom is 0.252 e. The van der Waals surface area contributed by atoms with Crippen molar-refractivity contribution in [2.24, 2.45) is 0 Å². The number of benzene rings is 2. The maximum absolute atomic E-state index is 13.5. The number of halogens is 1. The van der Waals surface area contributed by atoms with Crippen LogP contribution in [0.25, 0.3) is 10.9 Å². The van der Waals surface area contributed by atoms with Gasteiger partial charge in [0.2, 0.25) is 0 Å². The summed E-state index contributed by atoms with van der Waals surface area (Å²) in [5, 5.41) is 0.795. The second kappa shape index (κ2) is 5.17. The average Bonchev–Trinajstić information content (AvgIpc) is 2.46. The number of nitrogens with one attached hydrogen (secondary N) is 1. The molecule has 0 saturated heterocycles. The summed E-state index contributed by atoms with van der Waals surface area (Å²) in [6.07, 6.45) is 0. The van der Waals surface area contributed by atoms with Crippen molar-refractivity contribution in [2.75, 3.05) is 0 Å². The van der Waals surface area contributed by atoms with Crippen LogP contribution in [0.2, 0.25) is 0 Å². The van der Waals surface area contributed by atoms with Crippen molar-refractivity contribution in [3.05, 3.63) is 76.3 Å². The molecule has 0 bridgehead atoms. The van der Waals surface area contributed by atoms with Crippen LogP contribution in [-0.4, -0.2) is 4.98 Å². The lowest BCUT2D eigenvalue weighted by Crippen LogP contribution is -2.07. The van der Waals surface area contributed by atoms with Crippen molar-refractivity contribution in [1.82, 2.24) is 4.98 Å². The van der Waals surface area contributed by atoms with E-state index in [1.54, 1.807) is 24.3 Å². The normalized spacial score (nSPS) is 10.7. The van der Waals surface area contributed by atoms with E-state index in [4.69, 9.17) is 4.74 Å². The summed E-state index contributed by atoms with van der Waals surface area (Å²) in [4.78, 5) is 14.3. The predicted molar refractivity (Wildman–Crippen MR) is 75.3 cm³/mol. The molecule has 1 aromatic heterocycles. The summed E-state index contributed by atoms with van der Waals surface area (Å²) < 4.78 is 19.1. The van der Waals surface area contributed by atoms with E-state index in [9.17, 15) is 9.18 Å². The van der Waals surface area contributed by atoms with Gasteiger partial charge in [-0.2, -0.15) is 0 Å². The topological polar surface area (TPSA) is 42.1 Å². The van der Waals surface area contributed by atoms with Crippen molar-refractivity contribution >= 4 is 10.9 Å². The molecule has 2 aromatic carbocycles. The number of pyridine rings is 1. The van der Waals surface area contributed by atoms with Gasteiger partial charge in [-0.3, -0.25) is 4.79 Å². The second-order valence-corrected chi connectivity index (χ2v) is 4.42. The standard InChI is InChI=1S/C16H12FNO2/c17-13-7-3-1-5-11(13)10-20-15-9-16(19)18-14-8-4-2-6-12(14)15/h1-9H,10H2,(H,18,19). The lowest BCUT2D eigenvalue weighted by Gasteiger charge is -2.09. The Bertz CT molecular complexity index is 811.